The lowest BCUT2D eigenvalue weighted by Gasteiger charge is -2.15. The highest BCUT2D eigenvalue weighted by molar-refractivity contribution is 5.96. The first-order chi connectivity index (χ1) is 19.5. The Bertz CT molecular complexity index is 1800. The Kier molecular flexibility index (Phi) is 6.98. The Labute approximate surface area is 227 Å². The molecule has 0 spiro atoms. The van der Waals surface area contributed by atoms with Gasteiger partial charge in [-0.25, -0.2) is 14.2 Å². The minimum Gasteiger partial charge on any atom is -0.493 e. The summed E-state index contributed by atoms with van der Waals surface area (Å²) in [5.74, 6) is -1.53. The number of aromatic nitrogens is 7. The van der Waals surface area contributed by atoms with Gasteiger partial charge in [0.2, 0.25) is 5.91 Å². The number of aromatic amines is 2. The largest absolute Gasteiger partial charge is 0.493 e. The first-order valence-electron chi connectivity index (χ1n) is 11.9. The molecule has 12 nitrogen and oxygen atoms in total. The lowest BCUT2D eigenvalue weighted by molar-refractivity contribution is -0.137. The van der Waals surface area contributed by atoms with Crippen molar-refractivity contribution in [2.24, 2.45) is 7.05 Å². The highest BCUT2D eigenvalue weighted by Gasteiger charge is 2.33. The molecule has 3 heterocycles. The van der Waals surface area contributed by atoms with Crippen molar-refractivity contribution in [3.05, 3.63) is 70.0 Å². The lowest BCUT2D eigenvalue weighted by atomic mass is 9.99. The third-order valence-corrected chi connectivity index (χ3v) is 6.19. The Morgan fingerprint density at radius 3 is 2.56 bits per heavy atom. The van der Waals surface area contributed by atoms with Gasteiger partial charge in [0.15, 0.2) is 29.0 Å². The molecule has 0 fully saturated rings. The molecule has 0 aliphatic heterocycles. The van der Waals surface area contributed by atoms with E-state index in [-0.39, 0.29) is 46.1 Å². The van der Waals surface area contributed by atoms with Gasteiger partial charge < -0.3 is 14.8 Å². The fourth-order valence-corrected chi connectivity index (χ4v) is 4.36. The van der Waals surface area contributed by atoms with E-state index in [9.17, 15) is 22.8 Å². The molecule has 5 rings (SSSR count). The molecule has 2 aromatic carbocycles. The van der Waals surface area contributed by atoms with E-state index in [4.69, 9.17) is 9.47 Å². The fourth-order valence-electron chi connectivity index (χ4n) is 4.36. The third-order valence-electron chi connectivity index (χ3n) is 6.19. The first-order valence-corrected chi connectivity index (χ1v) is 11.9. The third kappa shape index (κ3) is 5.35. The van der Waals surface area contributed by atoms with Gasteiger partial charge in [-0.3, -0.25) is 24.1 Å². The zero-order valence-corrected chi connectivity index (χ0v) is 21.8. The number of H-pyrrole nitrogens is 2. The molecule has 214 valence electrons. The number of aryl methyl sites for hydroxylation is 2. The standard InChI is InChI=1S/C25H22F4N8O4/c1-12-4-19(35-33-12)32-21(38)9-37-17-8-14(25(27,28)29)7-15(22(17)36(2)24(37)39)13-5-16(26)23(18(6-13)40-3)41-10-20-30-11-31-34-20/h4-8,11H,9-10H2,1-3H3,(H,30,31,34)(H2,32,33,35,38). The molecule has 0 unspecified atom stereocenters. The van der Waals surface area contributed by atoms with Crippen LogP contribution in [-0.2, 0) is 31.2 Å². The minimum atomic E-state index is -4.82. The number of nitrogens with one attached hydrogen (secondary N) is 3. The van der Waals surface area contributed by atoms with Crippen LogP contribution in [0.1, 0.15) is 17.1 Å². The van der Waals surface area contributed by atoms with Crippen LogP contribution in [0.5, 0.6) is 11.5 Å². The van der Waals surface area contributed by atoms with Gasteiger partial charge in [-0.2, -0.15) is 23.4 Å². The van der Waals surface area contributed by atoms with Crippen LogP contribution in [0.15, 0.2) is 41.5 Å². The number of imidazole rings is 1. The van der Waals surface area contributed by atoms with Crippen LogP contribution in [0.25, 0.3) is 22.2 Å². The van der Waals surface area contributed by atoms with E-state index in [1.165, 1.54) is 26.6 Å². The average Bonchev–Trinajstić information content (AvgIpc) is 3.64. The number of carbonyl (C=O) groups excluding carboxylic acids is 1. The Hall–Kier alpha value is -5.15. The molecule has 5 aromatic rings. The molecule has 0 saturated heterocycles. The van der Waals surface area contributed by atoms with Crippen molar-refractivity contribution < 1.29 is 31.8 Å². The number of anilines is 1. The summed E-state index contributed by atoms with van der Waals surface area (Å²) in [6, 6.07) is 5.39. The predicted molar refractivity (Wildman–Crippen MR) is 137 cm³/mol. The number of ether oxygens (including phenoxy) is 2. The van der Waals surface area contributed by atoms with E-state index in [1.54, 1.807) is 13.0 Å². The van der Waals surface area contributed by atoms with Crippen LogP contribution >= 0.6 is 0 Å². The number of fused-ring (bicyclic) bond motifs is 1. The van der Waals surface area contributed by atoms with Crippen molar-refractivity contribution in [1.29, 1.82) is 0 Å². The smallest absolute Gasteiger partial charge is 0.416 e. The summed E-state index contributed by atoms with van der Waals surface area (Å²) >= 11 is 0. The van der Waals surface area contributed by atoms with E-state index in [1.807, 2.05) is 0 Å². The Morgan fingerprint density at radius 1 is 1.15 bits per heavy atom. The number of benzene rings is 2. The van der Waals surface area contributed by atoms with Gasteiger partial charge >= 0.3 is 11.9 Å². The predicted octanol–water partition coefficient (Wildman–Crippen LogP) is 3.54. The molecule has 0 saturated carbocycles. The van der Waals surface area contributed by atoms with Gasteiger partial charge in [0.1, 0.15) is 19.5 Å². The van der Waals surface area contributed by atoms with Crippen LogP contribution in [-0.4, -0.2) is 47.5 Å². The van der Waals surface area contributed by atoms with Crippen molar-refractivity contribution in [2.45, 2.75) is 26.3 Å². The van der Waals surface area contributed by atoms with Crippen molar-refractivity contribution in [3.8, 4) is 22.6 Å². The van der Waals surface area contributed by atoms with E-state index in [0.29, 0.717) is 11.5 Å². The van der Waals surface area contributed by atoms with Crippen LogP contribution < -0.4 is 20.5 Å². The number of amides is 1. The van der Waals surface area contributed by atoms with E-state index in [2.05, 4.69) is 30.7 Å². The number of rotatable bonds is 8. The summed E-state index contributed by atoms with van der Waals surface area (Å²) in [4.78, 5) is 29.8. The highest BCUT2D eigenvalue weighted by atomic mass is 19.4. The van der Waals surface area contributed by atoms with Gasteiger partial charge in [0, 0.05) is 24.4 Å². The molecule has 3 N–H and O–H groups in total. The molecule has 0 aliphatic rings. The second-order valence-corrected chi connectivity index (χ2v) is 9.01. The second-order valence-electron chi connectivity index (χ2n) is 9.01. The maximum atomic E-state index is 15.3. The zero-order valence-electron chi connectivity index (χ0n) is 21.8. The van der Waals surface area contributed by atoms with E-state index < -0.39 is 35.7 Å². The SMILES string of the molecule is COc1cc(-c2cc(C(F)(F)F)cc3c2n(C)c(=O)n3CC(=O)Nc2cc(C)[nH]n2)cc(F)c1OCc1ncn[nH]1. The molecule has 0 atom stereocenters. The van der Waals surface area contributed by atoms with Crippen LogP contribution in [0.4, 0.5) is 23.4 Å². The summed E-state index contributed by atoms with van der Waals surface area (Å²) < 4.78 is 70.1. The van der Waals surface area contributed by atoms with Crippen molar-refractivity contribution in [3.63, 3.8) is 0 Å². The quantitative estimate of drug-likeness (QED) is 0.241. The van der Waals surface area contributed by atoms with E-state index >= 15 is 4.39 Å². The fraction of sp³-hybridized carbons (Fsp3) is 0.240. The maximum Gasteiger partial charge on any atom is 0.416 e. The minimum absolute atomic E-state index is 0.0216. The zero-order chi connectivity index (χ0) is 29.5. The summed E-state index contributed by atoms with van der Waals surface area (Å²) in [6.45, 7) is 0.928. The number of halogens is 4. The van der Waals surface area contributed by atoms with Crippen LogP contribution in [0, 0.1) is 12.7 Å². The Morgan fingerprint density at radius 2 is 1.93 bits per heavy atom. The lowest BCUT2D eigenvalue weighted by Crippen LogP contribution is -2.28. The maximum absolute atomic E-state index is 15.3. The summed E-state index contributed by atoms with van der Waals surface area (Å²) in [5, 5.41) is 15.3. The highest BCUT2D eigenvalue weighted by Crippen LogP contribution is 2.41. The van der Waals surface area contributed by atoms with Gasteiger partial charge in [-0.05, 0) is 36.8 Å². The molecular weight excluding hydrogens is 552 g/mol. The molecule has 0 aliphatic carbocycles. The van der Waals surface area contributed by atoms with Crippen molar-refractivity contribution in [2.75, 3.05) is 12.4 Å². The van der Waals surface area contributed by atoms with Crippen LogP contribution in [0.3, 0.4) is 0 Å². The summed E-state index contributed by atoms with van der Waals surface area (Å²) in [7, 11) is 2.59. The summed E-state index contributed by atoms with van der Waals surface area (Å²) in [6.07, 6.45) is -3.58. The van der Waals surface area contributed by atoms with Crippen LogP contribution in [0.2, 0.25) is 0 Å². The number of nitrogens with zero attached hydrogens (tertiary/aromatic N) is 5. The van der Waals surface area contributed by atoms with Crippen molar-refractivity contribution >= 4 is 22.8 Å². The van der Waals surface area contributed by atoms with Gasteiger partial charge in [-0.15, -0.1) is 0 Å². The molecule has 0 bridgehead atoms. The Balaban J connectivity index is 1.62. The second kappa shape index (κ2) is 10.4. The number of alkyl halides is 3. The molecule has 3 aromatic heterocycles. The number of methoxy groups -OCH3 is 1. The van der Waals surface area contributed by atoms with Gasteiger partial charge in [0.05, 0.1) is 23.7 Å². The number of hydrogen-bond donors (Lipinski definition) is 3. The molecular formula is C25H22F4N8O4. The van der Waals surface area contributed by atoms with Gasteiger partial charge in [0.25, 0.3) is 0 Å². The molecule has 0 radical (unpaired) electrons. The van der Waals surface area contributed by atoms with E-state index in [0.717, 1.165) is 27.3 Å². The number of hydrogen-bond acceptors (Lipinski definition) is 7. The monoisotopic (exact) mass is 574 g/mol. The normalized spacial score (nSPS) is 11.7. The summed E-state index contributed by atoms with van der Waals surface area (Å²) in [5.41, 5.74) is -1.47. The van der Waals surface area contributed by atoms with Crippen molar-refractivity contribution in [1.82, 2.24) is 34.5 Å². The molecule has 1 amide bonds. The molecule has 41 heavy (non-hydrogen) atoms. The number of carbonyl (C=O) groups is 1. The first kappa shape index (κ1) is 27.4. The topological polar surface area (TPSA) is 145 Å². The average molecular weight is 574 g/mol. The molecule has 16 heteroatoms. The van der Waals surface area contributed by atoms with Gasteiger partial charge in [-0.1, -0.05) is 0 Å².